The highest BCUT2D eigenvalue weighted by Crippen LogP contribution is 2.21. The predicted octanol–water partition coefficient (Wildman–Crippen LogP) is -2.18. The Morgan fingerprint density at radius 3 is 0.685 bits per heavy atom. The number of hydroxylamine groups is 8. The molecule has 0 aromatic carbocycles. The molecule has 4 rings (SSSR count). The van der Waals surface area contributed by atoms with Crippen molar-refractivity contribution in [3.8, 4) is 11.8 Å². The molecule has 9 amide bonds. The smallest absolute Gasteiger partial charge is 0.335 e. The zero-order chi connectivity index (χ0) is 66.6. The second-order valence-corrected chi connectivity index (χ2v) is 19.5. The van der Waals surface area contributed by atoms with Crippen LogP contribution >= 0.6 is 0 Å². The van der Waals surface area contributed by atoms with Crippen molar-refractivity contribution in [3.05, 3.63) is 12.3 Å². The van der Waals surface area contributed by atoms with Gasteiger partial charge in [0.2, 0.25) is 0 Å². The Morgan fingerprint density at radius 2 is 0.467 bits per heavy atom. The van der Waals surface area contributed by atoms with Crippen LogP contribution < -0.4 is 0 Å². The molecule has 0 bridgehead atoms. The summed E-state index contributed by atoms with van der Waals surface area (Å²) >= 11 is 0. The first-order chi connectivity index (χ1) is 44.5. The van der Waals surface area contributed by atoms with E-state index in [1.165, 1.54) is 9.80 Å². The Balaban J connectivity index is 1.19. The third-order valence-corrected chi connectivity index (χ3v) is 12.6. The van der Waals surface area contributed by atoms with E-state index in [-0.39, 0.29) is 261 Å². The molecule has 0 atom stereocenters. The average Bonchev–Trinajstić information content (AvgIpc) is 2.42. The van der Waals surface area contributed by atoms with Gasteiger partial charge in [-0.25, -0.2) is 19.2 Å². The van der Waals surface area contributed by atoms with Crippen molar-refractivity contribution in [1.82, 2.24) is 30.1 Å². The Kier molecular flexibility index (Phi) is 39.0. The van der Waals surface area contributed by atoms with E-state index >= 15 is 0 Å². The predicted molar refractivity (Wildman–Crippen MR) is 302 cm³/mol. The summed E-state index contributed by atoms with van der Waals surface area (Å²) < 4.78 is 66.3. The fourth-order valence-corrected chi connectivity index (χ4v) is 7.69. The highest BCUT2D eigenvalue weighted by Gasteiger charge is 2.35. The molecule has 4 saturated heterocycles. The van der Waals surface area contributed by atoms with Gasteiger partial charge in [0.05, 0.1) is 190 Å². The summed E-state index contributed by atoms with van der Waals surface area (Å²) in [6.07, 6.45) is -0.162. The van der Waals surface area contributed by atoms with E-state index in [2.05, 4.69) is 18.4 Å². The monoisotopic (exact) mass is 1310 g/mol. The van der Waals surface area contributed by atoms with Crippen molar-refractivity contribution in [3.63, 3.8) is 0 Å². The number of hydrogen-bond donors (Lipinski definition) is 0. The van der Waals surface area contributed by atoms with Crippen molar-refractivity contribution < 1.29 is 139 Å². The third kappa shape index (κ3) is 32.7. The van der Waals surface area contributed by atoms with Crippen LogP contribution in [0.4, 0.5) is 0 Å². The zero-order valence-corrected chi connectivity index (χ0v) is 51.5. The van der Waals surface area contributed by atoms with E-state index in [0.29, 0.717) is 27.3 Å². The highest BCUT2D eigenvalue weighted by atomic mass is 16.7. The van der Waals surface area contributed by atoms with Gasteiger partial charge >= 0.3 is 23.9 Å². The minimum Gasteiger partial charge on any atom is -0.378 e. The first-order valence-electron chi connectivity index (χ1n) is 30.0. The lowest BCUT2D eigenvalue weighted by molar-refractivity contribution is -0.198. The van der Waals surface area contributed by atoms with Crippen molar-refractivity contribution in [2.75, 3.05) is 185 Å². The van der Waals surface area contributed by atoms with Crippen LogP contribution in [-0.2, 0) is 139 Å². The summed E-state index contributed by atoms with van der Waals surface area (Å²) in [5, 5.41) is 2.28. The van der Waals surface area contributed by atoms with Crippen molar-refractivity contribution in [2.24, 2.45) is 0 Å². The Hall–Kier alpha value is -7.47. The molecule has 35 heteroatoms. The average molecular weight is 1320 g/mol. The van der Waals surface area contributed by atoms with Crippen LogP contribution in [0.25, 0.3) is 0 Å². The third-order valence-electron chi connectivity index (χ3n) is 12.6. The van der Waals surface area contributed by atoms with Gasteiger partial charge in [-0.2, -0.15) is 0 Å². The van der Waals surface area contributed by atoms with Gasteiger partial charge in [-0.3, -0.25) is 43.2 Å². The minimum atomic E-state index is -0.797. The zero-order valence-electron chi connectivity index (χ0n) is 51.5. The van der Waals surface area contributed by atoms with Gasteiger partial charge in [-0.15, -0.1) is 20.3 Å². The van der Waals surface area contributed by atoms with Gasteiger partial charge in [0, 0.05) is 83.0 Å². The second-order valence-electron chi connectivity index (χ2n) is 19.5. The van der Waals surface area contributed by atoms with Crippen molar-refractivity contribution >= 4 is 77.0 Å². The maximum Gasteiger partial charge on any atom is 0.335 e. The van der Waals surface area contributed by atoms with Crippen LogP contribution in [0.1, 0.15) is 77.0 Å². The molecule has 0 aromatic heterocycles. The lowest BCUT2D eigenvalue weighted by Crippen LogP contribution is -2.38. The molecule has 0 aromatic rings. The Labute approximate surface area is 530 Å². The topological polar surface area (TPSA) is 389 Å². The quantitative estimate of drug-likeness (QED) is 0.0355. The molecule has 0 N–H and O–H groups in total. The van der Waals surface area contributed by atoms with Gasteiger partial charge in [-0.1, -0.05) is 6.58 Å². The summed E-state index contributed by atoms with van der Waals surface area (Å²) in [4.78, 5) is 179. The van der Waals surface area contributed by atoms with Gasteiger partial charge in [0.1, 0.15) is 0 Å². The number of imide groups is 3. The van der Waals surface area contributed by atoms with Gasteiger partial charge < -0.3 is 86.0 Å². The highest BCUT2D eigenvalue weighted by molar-refractivity contribution is 6.04. The number of carbonyl (C=O) groups is 13. The van der Waals surface area contributed by atoms with Crippen LogP contribution in [0.15, 0.2) is 12.3 Å². The van der Waals surface area contributed by atoms with Crippen LogP contribution in [0.5, 0.6) is 0 Å². The molecule has 0 radical (unpaired) electrons. The summed E-state index contributed by atoms with van der Waals surface area (Å²) in [7, 11) is 0. The maximum atomic E-state index is 13.6. The van der Waals surface area contributed by atoms with Crippen LogP contribution in [0.3, 0.4) is 0 Å². The fourth-order valence-electron chi connectivity index (χ4n) is 7.69. The van der Waals surface area contributed by atoms with E-state index in [4.69, 9.17) is 76.2 Å². The molecule has 4 aliphatic heterocycles. The minimum absolute atomic E-state index is 0.0208. The number of hydrogen-bond acceptors (Lipinski definition) is 29. The summed E-state index contributed by atoms with van der Waals surface area (Å²) in [6.45, 7) is 6.17. The van der Waals surface area contributed by atoms with Crippen LogP contribution in [0, 0.1) is 11.8 Å². The van der Waals surface area contributed by atoms with Crippen molar-refractivity contribution in [2.45, 2.75) is 77.0 Å². The molecule has 4 heterocycles. The van der Waals surface area contributed by atoms with Gasteiger partial charge in [-0.05, 0) is 6.42 Å². The van der Waals surface area contributed by atoms with Crippen LogP contribution in [-0.4, -0.2) is 292 Å². The standard InChI is InChI=1S/C57H82N6O29/c1-44-2-3-47(66)60(44)89-54(73)12-20-77-28-36-85-40-32-81-24-16-58(17-25-82-33-41-86-37-29-78-21-13-55(74)90-61-48(67)6-7-49(61)68)45(64)4-5-46(65)59(18-26-83-34-42-87-38-30-79-22-14-56(75)91-62-50(69)8-9-51(62)70)19-27-84-35-43-88-39-31-80-23-15-57(76)92-63-52(71)10-11-53(63)72/h1-3,6-43H2. The van der Waals surface area contributed by atoms with Crippen molar-refractivity contribution in [1.29, 1.82) is 0 Å². The first kappa shape index (κ1) is 77.0. The Bertz CT molecular complexity index is 2140. The molecule has 0 spiro atoms. The number of ether oxygens (including phenoxy) is 12. The molecular weight excluding hydrogens is 1230 g/mol. The number of rotatable bonds is 52. The van der Waals surface area contributed by atoms with E-state index < -0.39 is 71.1 Å². The molecule has 514 valence electrons. The molecule has 4 aliphatic rings. The molecule has 4 fully saturated rings. The van der Waals surface area contributed by atoms with E-state index in [1.807, 2.05) is 0 Å². The van der Waals surface area contributed by atoms with E-state index in [1.54, 1.807) is 0 Å². The van der Waals surface area contributed by atoms with Gasteiger partial charge in [0.25, 0.3) is 53.2 Å². The molecule has 92 heavy (non-hydrogen) atoms. The number of nitrogens with zero attached hydrogens (tertiary/aromatic N) is 6. The number of amides is 9. The number of carbonyl (C=O) groups excluding carboxylic acids is 13. The summed E-state index contributed by atoms with van der Waals surface area (Å²) in [5.41, 5.74) is 0.410. The van der Waals surface area contributed by atoms with E-state index in [0.717, 1.165) is 5.06 Å². The lowest BCUT2D eigenvalue weighted by atomic mass is 10.3. The molecule has 0 saturated carbocycles. The lowest BCUT2D eigenvalue weighted by Gasteiger charge is -2.21. The second kappa shape index (κ2) is 46.6. The number of allylic oxidation sites excluding steroid dienone is 1. The summed E-state index contributed by atoms with van der Waals surface area (Å²) in [5.74, 6) is -3.49. The molecule has 0 aliphatic carbocycles. The molecule has 0 unspecified atom stereocenters. The normalized spacial score (nSPS) is 14.8. The van der Waals surface area contributed by atoms with Crippen LogP contribution in [0.2, 0.25) is 0 Å². The first-order valence-corrected chi connectivity index (χ1v) is 30.0. The molecular formula is C57H82N6O29. The Morgan fingerprint density at radius 1 is 0.283 bits per heavy atom. The van der Waals surface area contributed by atoms with Gasteiger partial charge in [0.15, 0.2) is 0 Å². The maximum absolute atomic E-state index is 13.6. The molecule has 35 nitrogen and oxygen atoms in total. The SMILES string of the molecule is C=C1CCC(=O)N1OC(=O)CCOCCOCCOCCN(CCOCCOCCOCCC(=O)ON1C(=O)CCC1=O)C(=O)C#CC(=O)N(CCOCCOCCOCCC(=O)ON1C(=O)CCC1=O)CCOCCOCCOCCC(=O)ON1C(=O)CCC1=O. The largest absolute Gasteiger partial charge is 0.378 e. The van der Waals surface area contributed by atoms with E-state index in [9.17, 15) is 62.3 Å². The summed E-state index contributed by atoms with van der Waals surface area (Å²) in [6, 6.07) is 0. The fraction of sp³-hybridized carbons (Fsp3) is 0.702.